The van der Waals surface area contributed by atoms with Crippen LogP contribution in [0, 0.1) is 24.7 Å². The molecule has 2 amide bonds. The number of carbonyl (C=O) groups excluding carboxylic acids is 3. The fourth-order valence-electron chi connectivity index (χ4n) is 6.67. The molecule has 0 aromatic heterocycles. The van der Waals surface area contributed by atoms with Crippen molar-refractivity contribution in [1.29, 1.82) is 0 Å². The number of aryl methyl sites for hydroxylation is 1. The Morgan fingerprint density at radius 3 is 2.59 bits per heavy atom. The van der Waals surface area contributed by atoms with Crippen LogP contribution in [0.25, 0.3) is 0 Å². The third-order valence-electron chi connectivity index (χ3n) is 8.06. The van der Waals surface area contributed by atoms with E-state index in [-0.39, 0.29) is 37.5 Å². The fourth-order valence-corrected chi connectivity index (χ4v) is 9.14. The van der Waals surface area contributed by atoms with E-state index in [0.29, 0.717) is 17.1 Å². The van der Waals surface area contributed by atoms with Gasteiger partial charge in [-0.15, -0.1) is 11.8 Å². The second-order valence-corrected chi connectivity index (χ2v) is 13.2. The lowest BCUT2D eigenvalue weighted by Gasteiger charge is -2.40. The molecule has 0 bridgehead atoms. The lowest BCUT2D eigenvalue weighted by molar-refractivity contribution is -0.153. The Morgan fingerprint density at radius 2 is 1.92 bits per heavy atom. The second kappa shape index (κ2) is 9.47. The van der Waals surface area contributed by atoms with Gasteiger partial charge in [0.2, 0.25) is 5.91 Å². The van der Waals surface area contributed by atoms with E-state index in [1.807, 2.05) is 64.1 Å². The van der Waals surface area contributed by atoms with Gasteiger partial charge in [-0.1, -0.05) is 55.8 Å². The van der Waals surface area contributed by atoms with E-state index in [1.165, 1.54) is 11.8 Å². The lowest BCUT2D eigenvalue weighted by Crippen LogP contribution is -2.57. The number of ether oxygens (including phenoxy) is 1. The molecule has 6 atom stereocenters. The molecule has 198 valence electrons. The summed E-state index contributed by atoms with van der Waals surface area (Å²) in [5.41, 5.74) is 1.46. The molecule has 5 rings (SSSR count). The summed E-state index contributed by atoms with van der Waals surface area (Å²) in [6.45, 7) is 8.06. The number of likely N-dealkylation sites (tertiary alicyclic amines) is 1. The van der Waals surface area contributed by atoms with E-state index in [9.17, 15) is 19.5 Å². The molecular formula is C28H33ClN2O5S. The molecule has 1 aromatic carbocycles. The standard InChI is InChI=1S/C28H33ClN2O5S/c1-16(2)14-18(15-32)31-23-25(34)30(22-17(3)8-5-9-19(22)29)12-6-11-28(23)20(24(31)33)21-26(35)36-13-7-10-27(21,4)37-28/h5-11,16,18,20-21,23,32H,12-15H2,1-4H3/t18-,20+,21+,23?,27-,28+/m1/s1. The van der Waals surface area contributed by atoms with Crippen LogP contribution in [0.5, 0.6) is 0 Å². The molecule has 1 aromatic rings. The molecule has 7 nitrogen and oxygen atoms in total. The van der Waals surface area contributed by atoms with Crippen molar-refractivity contribution >= 4 is 46.8 Å². The highest BCUT2D eigenvalue weighted by atomic mass is 35.5. The number of aliphatic hydroxyl groups is 1. The molecule has 0 radical (unpaired) electrons. The van der Waals surface area contributed by atoms with Crippen molar-refractivity contribution in [1.82, 2.24) is 4.90 Å². The maximum absolute atomic E-state index is 14.6. The summed E-state index contributed by atoms with van der Waals surface area (Å²) >= 11 is 8.10. The van der Waals surface area contributed by atoms with Crippen LogP contribution < -0.4 is 4.90 Å². The van der Waals surface area contributed by atoms with Gasteiger partial charge in [0.15, 0.2) is 0 Å². The smallest absolute Gasteiger partial charge is 0.311 e. The Kier molecular flexibility index (Phi) is 6.74. The van der Waals surface area contributed by atoms with Crippen molar-refractivity contribution in [2.75, 3.05) is 24.7 Å². The average Bonchev–Trinajstić information content (AvgIpc) is 3.10. The van der Waals surface area contributed by atoms with Crippen LogP contribution in [0.3, 0.4) is 0 Å². The summed E-state index contributed by atoms with van der Waals surface area (Å²) in [5.74, 6) is -2.33. The summed E-state index contributed by atoms with van der Waals surface area (Å²) in [6, 6.07) is 4.02. The molecule has 4 aliphatic heterocycles. The highest BCUT2D eigenvalue weighted by Crippen LogP contribution is 2.66. The number of nitrogens with zero attached hydrogens (tertiary/aromatic N) is 2. The average molecular weight is 545 g/mol. The van der Waals surface area contributed by atoms with Gasteiger partial charge >= 0.3 is 5.97 Å². The van der Waals surface area contributed by atoms with Crippen LogP contribution in [-0.2, 0) is 19.1 Å². The maximum Gasteiger partial charge on any atom is 0.311 e. The summed E-state index contributed by atoms with van der Waals surface area (Å²) in [6.07, 6.45) is 8.17. The number of anilines is 1. The van der Waals surface area contributed by atoms with Crippen LogP contribution >= 0.6 is 23.4 Å². The van der Waals surface area contributed by atoms with Gasteiger partial charge < -0.3 is 19.6 Å². The van der Waals surface area contributed by atoms with Gasteiger partial charge in [0, 0.05) is 11.3 Å². The largest absolute Gasteiger partial charge is 0.461 e. The first-order valence-electron chi connectivity index (χ1n) is 12.8. The van der Waals surface area contributed by atoms with Crippen molar-refractivity contribution in [2.24, 2.45) is 17.8 Å². The number of rotatable bonds is 5. The Bertz CT molecular complexity index is 1180. The highest BCUT2D eigenvalue weighted by molar-refractivity contribution is 8.02. The van der Waals surface area contributed by atoms with Crippen LogP contribution in [0.1, 0.15) is 32.8 Å². The van der Waals surface area contributed by atoms with Crippen LogP contribution in [0.4, 0.5) is 5.69 Å². The van der Waals surface area contributed by atoms with Gasteiger partial charge in [0.25, 0.3) is 5.91 Å². The van der Waals surface area contributed by atoms with E-state index >= 15 is 0 Å². The number of para-hydroxylation sites is 1. The number of carbonyl (C=O) groups is 3. The molecule has 2 fully saturated rings. The van der Waals surface area contributed by atoms with Crippen LogP contribution in [0.15, 0.2) is 42.5 Å². The summed E-state index contributed by atoms with van der Waals surface area (Å²) in [7, 11) is 0. The minimum absolute atomic E-state index is 0.160. The minimum Gasteiger partial charge on any atom is -0.461 e. The monoisotopic (exact) mass is 544 g/mol. The van der Waals surface area contributed by atoms with Crippen molar-refractivity contribution in [3.63, 3.8) is 0 Å². The Morgan fingerprint density at radius 1 is 1.16 bits per heavy atom. The first-order valence-corrected chi connectivity index (χ1v) is 14.0. The number of halogens is 1. The highest BCUT2D eigenvalue weighted by Gasteiger charge is 2.74. The normalized spacial score (nSPS) is 33.7. The topological polar surface area (TPSA) is 87.2 Å². The zero-order valence-corrected chi connectivity index (χ0v) is 23.1. The SMILES string of the molecule is Cc1cccc(Cl)c1N1CC=C[C@]23S[C@]4(C)C=CCOC(=O)[C@@H]4[C@H]2C(=O)N([C@@H](CO)CC(C)C)C3C1=O. The van der Waals surface area contributed by atoms with E-state index in [0.717, 1.165) is 5.56 Å². The van der Waals surface area contributed by atoms with E-state index in [2.05, 4.69) is 0 Å². The quantitative estimate of drug-likeness (QED) is 0.449. The van der Waals surface area contributed by atoms with Crippen molar-refractivity contribution in [3.8, 4) is 0 Å². The summed E-state index contributed by atoms with van der Waals surface area (Å²) < 4.78 is 3.77. The number of amides is 2. The van der Waals surface area contributed by atoms with E-state index in [4.69, 9.17) is 16.3 Å². The zero-order chi connectivity index (χ0) is 26.7. The number of fused-ring (bicyclic) bond motifs is 2. The maximum atomic E-state index is 14.6. The molecule has 37 heavy (non-hydrogen) atoms. The van der Waals surface area contributed by atoms with E-state index < -0.39 is 39.4 Å². The van der Waals surface area contributed by atoms with Gasteiger partial charge in [-0.05, 0) is 43.9 Å². The van der Waals surface area contributed by atoms with Gasteiger partial charge in [-0.3, -0.25) is 14.4 Å². The molecule has 1 N–H and O–H groups in total. The van der Waals surface area contributed by atoms with Crippen molar-refractivity contribution in [3.05, 3.63) is 53.1 Å². The Balaban J connectivity index is 1.70. The molecule has 0 aliphatic carbocycles. The fraction of sp³-hybridized carbons (Fsp3) is 0.536. The number of hydrogen-bond acceptors (Lipinski definition) is 6. The molecule has 2 saturated heterocycles. The third-order valence-corrected chi connectivity index (χ3v) is 10.2. The van der Waals surface area contributed by atoms with Gasteiger partial charge in [-0.2, -0.15) is 0 Å². The molecule has 1 unspecified atom stereocenters. The zero-order valence-electron chi connectivity index (χ0n) is 21.5. The molecule has 0 saturated carbocycles. The number of aliphatic hydroxyl groups excluding tert-OH is 1. The summed E-state index contributed by atoms with van der Waals surface area (Å²) in [5, 5.41) is 10.9. The molecule has 4 heterocycles. The van der Waals surface area contributed by atoms with Crippen molar-refractivity contribution < 1.29 is 24.2 Å². The molecular weight excluding hydrogens is 512 g/mol. The predicted molar refractivity (Wildman–Crippen MR) is 144 cm³/mol. The number of esters is 1. The van der Waals surface area contributed by atoms with Gasteiger partial charge in [0.1, 0.15) is 12.6 Å². The van der Waals surface area contributed by atoms with Crippen molar-refractivity contribution in [2.45, 2.75) is 55.7 Å². The van der Waals surface area contributed by atoms with Gasteiger partial charge in [0.05, 0.1) is 39.9 Å². The second-order valence-electron chi connectivity index (χ2n) is 11.0. The first-order chi connectivity index (χ1) is 17.6. The number of cyclic esters (lactones) is 1. The molecule has 1 spiro atoms. The number of thioether (sulfide) groups is 1. The number of hydrogen-bond donors (Lipinski definition) is 1. The minimum atomic E-state index is -0.997. The first kappa shape index (κ1) is 26.3. The molecule has 4 aliphatic rings. The number of benzene rings is 1. The van der Waals surface area contributed by atoms with Crippen LogP contribution in [0.2, 0.25) is 5.02 Å². The Hall–Kier alpha value is -2.29. The van der Waals surface area contributed by atoms with Crippen LogP contribution in [-0.4, -0.2) is 69.1 Å². The summed E-state index contributed by atoms with van der Waals surface area (Å²) in [4.78, 5) is 45.5. The lowest BCUT2D eigenvalue weighted by atomic mass is 9.75. The van der Waals surface area contributed by atoms with E-state index in [1.54, 1.807) is 15.9 Å². The third kappa shape index (κ3) is 3.94. The Labute approximate surface area is 226 Å². The predicted octanol–water partition coefficient (Wildman–Crippen LogP) is 3.76. The van der Waals surface area contributed by atoms with Gasteiger partial charge in [-0.25, -0.2) is 0 Å². The molecule has 9 heteroatoms.